The van der Waals surface area contributed by atoms with Gasteiger partial charge in [-0.25, -0.2) is 0 Å². The summed E-state index contributed by atoms with van der Waals surface area (Å²) in [5, 5.41) is 8.72. The molecule has 0 spiro atoms. The zero-order chi connectivity index (χ0) is 9.26. The van der Waals surface area contributed by atoms with Crippen molar-refractivity contribution in [2.75, 3.05) is 0 Å². The smallest absolute Gasteiger partial charge is 0.0991 e. The topological polar surface area (TPSA) is 23.8 Å². The molecule has 0 saturated heterocycles. The molecule has 64 valence electrons. The fraction of sp³-hybridized carbons (Fsp3) is 0.250. The van der Waals surface area contributed by atoms with Crippen LogP contribution < -0.4 is 0 Å². The molecule has 0 atom stereocenters. The van der Waals surface area contributed by atoms with Crippen LogP contribution >= 0.6 is 0 Å². The molecule has 1 aromatic carbocycles. The molecule has 0 amide bonds. The van der Waals surface area contributed by atoms with Crippen molar-refractivity contribution in [3.8, 4) is 6.07 Å². The molecule has 0 aliphatic heterocycles. The highest BCUT2D eigenvalue weighted by Gasteiger charge is 2.25. The maximum absolute atomic E-state index is 8.72. The van der Waals surface area contributed by atoms with Crippen molar-refractivity contribution in [3.05, 3.63) is 41.5 Å². The maximum atomic E-state index is 8.72. The van der Waals surface area contributed by atoms with Crippen molar-refractivity contribution >= 4 is 6.08 Å². The van der Waals surface area contributed by atoms with Gasteiger partial charge < -0.3 is 0 Å². The van der Waals surface area contributed by atoms with Crippen LogP contribution in [-0.4, -0.2) is 0 Å². The first-order valence-corrected chi connectivity index (χ1v) is 4.51. The summed E-state index contributed by atoms with van der Waals surface area (Å²) in [5.74, 6) is 0.723. The molecular formula is C12H11N. The summed E-state index contributed by atoms with van der Waals surface area (Å²) in [7, 11) is 0. The molecule has 1 fully saturated rings. The molecule has 1 saturated carbocycles. The summed E-state index contributed by atoms with van der Waals surface area (Å²) in [6.45, 7) is 3.77. The Morgan fingerprint density at radius 3 is 2.77 bits per heavy atom. The number of hydrogen-bond donors (Lipinski definition) is 0. The van der Waals surface area contributed by atoms with Crippen molar-refractivity contribution in [1.29, 1.82) is 5.26 Å². The summed E-state index contributed by atoms with van der Waals surface area (Å²) in [6, 6.07) is 8.01. The van der Waals surface area contributed by atoms with Gasteiger partial charge in [0.1, 0.15) is 0 Å². The van der Waals surface area contributed by atoms with Gasteiger partial charge in [0.05, 0.1) is 11.6 Å². The van der Waals surface area contributed by atoms with Crippen molar-refractivity contribution in [1.82, 2.24) is 0 Å². The number of hydrogen-bond acceptors (Lipinski definition) is 1. The van der Waals surface area contributed by atoms with Crippen LogP contribution in [-0.2, 0) is 0 Å². The molecule has 1 aliphatic rings. The number of benzene rings is 1. The van der Waals surface area contributed by atoms with E-state index in [9.17, 15) is 0 Å². The Kier molecular flexibility index (Phi) is 1.90. The molecule has 0 aromatic heterocycles. The van der Waals surface area contributed by atoms with E-state index < -0.39 is 0 Å². The first-order chi connectivity index (χ1) is 6.35. The minimum atomic E-state index is 0.722. The first-order valence-electron chi connectivity index (χ1n) is 4.51. The van der Waals surface area contributed by atoms with Gasteiger partial charge in [-0.2, -0.15) is 5.26 Å². The molecule has 1 heteroatoms. The lowest BCUT2D eigenvalue weighted by atomic mass is 10.0. The predicted octanol–water partition coefficient (Wildman–Crippen LogP) is 3.08. The molecule has 0 unspecified atom stereocenters. The van der Waals surface area contributed by atoms with Crippen molar-refractivity contribution < 1.29 is 0 Å². The van der Waals surface area contributed by atoms with Crippen LogP contribution in [0.2, 0.25) is 0 Å². The molecular weight excluding hydrogens is 158 g/mol. The van der Waals surface area contributed by atoms with E-state index in [0.717, 1.165) is 17.0 Å². The molecule has 0 bridgehead atoms. The highest BCUT2D eigenvalue weighted by atomic mass is 14.3. The highest BCUT2D eigenvalue weighted by Crippen LogP contribution is 2.42. The molecule has 1 nitrogen and oxygen atoms in total. The van der Waals surface area contributed by atoms with E-state index in [2.05, 4.69) is 18.7 Å². The van der Waals surface area contributed by atoms with E-state index in [4.69, 9.17) is 5.26 Å². The van der Waals surface area contributed by atoms with Gasteiger partial charge in [-0.15, -0.1) is 0 Å². The van der Waals surface area contributed by atoms with Crippen LogP contribution in [0, 0.1) is 11.3 Å². The van der Waals surface area contributed by atoms with E-state index in [1.807, 2.05) is 18.2 Å². The number of nitrogens with zero attached hydrogens (tertiary/aromatic N) is 1. The van der Waals surface area contributed by atoms with E-state index in [0.29, 0.717) is 0 Å². The summed E-state index contributed by atoms with van der Waals surface area (Å²) < 4.78 is 0. The van der Waals surface area contributed by atoms with Crippen LogP contribution in [0.5, 0.6) is 0 Å². The third-order valence-electron chi connectivity index (χ3n) is 2.45. The van der Waals surface area contributed by atoms with Gasteiger partial charge in [0.2, 0.25) is 0 Å². The van der Waals surface area contributed by atoms with Gasteiger partial charge in [-0.1, -0.05) is 18.7 Å². The third-order valence-corrected chi connectivity index (χ3v) is 2.45. The minimum absolute atomic E-state index is 0.722. The largest absolute Gasteiger partial charge is 0.192 e. The summed E-state index contributed by atoms with van der Waals surface area (Å²) in [5.41, 5.74) is 3.20. The second-order valence-electron chi connectivity index (χ2n) is 3.43. The Hall–Kier alpha value is -1.55. The minimum Gasteiger partial charge on any atom is -0.192 e. The van der Waals surface area contributed by atoms with Gasteiger partial charge in [0.25, 0.3) is 0 Å². The van der Waals surface area contributed by atoms with Crippen molar-refractivity contribution in [3.63, 3.8) is 0 Å². The average Bonchev–Trinajstić information content (AvgIpc) is 3.00. The summed E-state index contributed by atoms with van der Waals surface area (Å²) >= 11 is 0. The Labute approximate surface area is 78.3 Å². The Morgan fingerprint density at radius 2 is 2.23 bits per heavy atom. The molecule has 0 heterocycles. The van der Waals surface area contributed by atoms with E-state index in [1.165, 1.54) is 18.4 Å². The first kappa shape index (κ1) is 8.07. The van der Waals surface area contributed by atoms with Crippen LogP contribution in [0.4, 0.5) is 0 Å². The SMILES string of the molecule is C=Cc1cc(C#N)ccc1C1CC1. The van der Waals surface area contributed by atoms with E-state index >= 15 is 0 Å². The lowest BCUT2D eigenvalue weighted by Crippen LogP contribution is -1.86. The predicted molar refractivity (Wildman–Crippen MR) is 53.2 cm³/mol. The summed E-state index contributed by atoms with van der Waals surface area (Å²) in [4.78, 5) is 0. The van der Waals surface area contributed by atoms with Crippen molar-refractivity contribution in [2.45, 2.75) is 18.8 Å². The highest BCUT2D eigenvalue weighted by molar-refractivity contribution is 5.56. The second kappa shape index (κ2) is 3.06. The maximum Gasteiger partial charge on any atom is 0.0991 e. The lowest BCUT2D eigenvalue weighted by molar-refractivity contribution is 1.12. The van der Waals surface area contributed by atoms with E-state index in [1.54, 1.807) is 0 Å². The van der Waals surface area contributed by atoms with Crippen LogP contribution in [0.25, 0.3) is 6.08 Å². The fourth-order valence-corrected chi connectivity index (χ4v) is 1.59. The van der Waals surface area contributed by atoms with E-state index in [-0.39, 0.29) is 0 Å². The standard InChI is InChI=1S/C12H11N/c1-2-10-7-9(8-13)3-6-12(10)11-4-5-11/h2-3,6-7,11H,1,4-5H2. The van der Waals surface area contributed by atoms with Gasteiger partial charge in [-0.3, -0.25) is 0 Å². The fourth-order valence-electron chi connectivity index (χ4n) is 1.59. The quantitative estimate of drug-likeness (QED) is 0.667. The zero-order valence-corrected chi connectivity index (χ0v) is 7.46. The molecule has 2 rings (SSSR count). The Bertz CT molecular complexity index is 381. The normalized spacial score (nSPS) is 15.0. The summed E-state index contributed by atoms with van der Waals surface area (Å²) in [6.07, 6.45) is 4.41. The molecule has 13 heavy (non-hydrogen) atoms. The third kappa shape index (κ3) is 1.48. The molecule has 0 N–H and O–H groups in total. The second-order valence-corrected chi connectivity index (χ2v) is 3.43. The average molecular weight is 169 g/mol. The monoisotopic (exact) mass is 169 g/mol. The molecule has 0 radical (unpaired) electrons. The Morgan fingerprint density at radius 1 is 1.46 bits per heavy atom. The molecule has 1 aliphatic carbocycles. The number of nitriles is 1. The Balaban J connectivity index is 2.46. The van der Waals surface area contributed by atoms with Crippen LogP contribution in [0.3, 0.4) is 0 Å². The van der Waals surface area contributed by atoms with Crippen LogP contribution in [0.15, 0.2) is 24.8 Å². The number of rotatable bonds is 2. The lowest BCUT2D eigenvalue weighted by Gasteiger charge is -2.03. The zero-order valence-electron chi connectivity index (χ0n) is 7.46. The van der Waals surface area contributed by atoms with Gasteiger partial charge in [-0.05, 0) is 42.0 Å². The van der Waals surface area contributed by atoms with Crippen molar-refractivity contribution in [2.24, 2.45) is 0 Å². The van der Waals surface area contributed by atoms with Gasteiger partial charge >= 0.3 is 0 Å². The van der Waals surface area contributed by atoms with Crippen LogP contribution in [0.1, 0.15) is 35.4 Å². The van der Waals surface area contributed by atoms with Gasteiger partial charge in [0.15, 0.2) is 0 Å². The molecule has 1 aromatic rings. The van der Waals surface area contributed by atoms with Gasteiger partial charge in [0, 0.05) is 0 Å².